The van der Waals surface area contributed by atoms with Crippen LogP contribution < -0.4 is 5.73 Å². The third kappa shape index (κ3) is 6.06. The van der Waals surface area contributed by atoms with E-state index in [2.05, 4.69) is 15.0 Å². The first-order valence-corrected chi connectivity index (χ1v) is 8.75. The molecule has 0 spiro atoms. The zero-order valence-electron chi connectivity index (χ0n) is 12.7. The molecule has 1 aromatic heterocycles. The first-order chi connectivity index (χ1) is 10.8. The minimum atomic E-state index is -4.12. The Balaban J connectivity index is 3.06. The van der Waals surface area contributed by atoms with Gasteiger partial charge in [0, 0.05) is 12.3 Å². The lowest BCUT2D eigenvalue weighted by Gasteiger charge is -2.15. The highest BCUT2D eigenvalue weighted by Gasteiger charge is 2.34. The van der Waals surface area contributed by atoms with Crippen molar-refractivity contribution in [3.63, 3.8) is 0 Å². The molecular formula is C11H16N3O7PS. The molecule has 0 aliphatic rings. The quantitative estimate of drug-likeness (QED) is 0.315. The number of anilines is 1. The summed E-state index contributed by atoms with van der Waals surface area (Å²) in [7, 11) is -4.12. The maximum atomic E-state index is 12.2. The Morgan fingerprint density at radius 3 is 2.39 bits per heavy atom. The molecule has 2 N–H and O–H groups in total. The Hall–Kier alpha value is -1.81. The predicted octanol–water partition coefficient (Wildman–Crippen LogP) is 1.72. The van der Waals surface area contributed by atoms with Crippen molar-refractivity contribution < 1.29 is 32.6 Å². The monoisotopic (exact) mass is 365 g/mol. The summed E-state index contributed by atoms with van der Waals surface area (Å²) in [4.78, 5) is 31.3. The summed E-state index contributed by atoms with van der Waals surface area (Å²) in [5.41, 5.74) is 4.99. The first kappa shape index (κ1) is 19.2. The van der Waals surface area contributed by atoms with Crippen LogP contribution in [0.1, 0.15) is 26.5 Å². The van der Waals surface area contributed by atoms with Crippen LogP contribution in [-0.2, 0) is 32.6 Å². The lowest BCUT2D eigenvalue weighted by molar-refractivity contribution is -0.141. The molecule has 0 aromatic carbocycles. The summed E-state index contributed by atoms with van der Waals surface area (Å²) < 4.78 is 26.6. The molecule has 0 atom stereocenters. The second kappa shape index (κ2) is 8.73. The smallest absolute Gasteiger partial charge is 0.375 e. The van der Waals surface area contributed by atoms with Gasteiger partial charge >= 0.3 is 19.8 Å². The van der Waals surface area contributed by atoms with Crippen molar-refractivity contribution in [2.45, 2.75) is 20.8 Å². The first-order valence-electron chi connectivity index (χ1n) is 6.41. The fraction of sp³-hybridized carbons (Fsp3) is 0.455. The van der Waals surface area contributed by atoms with Crippen LogP contribution >= 0.6 is 19.2 Å². The summed E-state index contributed by atoms with van der Waals surface area (Å²) in [6, 6.07) is 0. The zero-order valence-corrected chi connectivity index (χ0v) is 14.4. The number of thiazole rings is 1. The minimum Gasteiger partial charge on any atom is -0.375 e. The Morgan fingerprint density at radius 2 is 1.96 bits per heavy atom. The van der Waals surface area contributed by atoms with Crippen molar-refractivity contribution in [3.8, 4) is 0 Å². The molecule has 1 heterocycles. The van der Waals surface area contributed by atoms with Crippen LogP contribution in [0.2, 0.25) is 0 Å². The number of aromatic nitrogens is 1. The Bertz CT molecular complexity index is 635. The van der Waals surface area contributed by atoms with Gasteiger partial charge in [0.15, 0.2) is 5.13 Å². The Morgan fingerprint density at radius 1 is 1.35 bits per heavy atom. The third-order valence-corrected chi connectivity index (χ3v) is 4.20. The van der Waals surface area contributed by atoms with E-state index in [4.69, 9.17) is 19.3 Å². The van der Waals surface area contributed by atoms with Crippen molar-refractivity contribution >= 4 is 41.9 Å². The van der Waals surface area contributed by atoms with Crippen LogP contribution in [0.15, 0.2) is 10.5 Å². The van der Waals surface area contributed by atoms with E-state index in [0.717, 1.165) is 18.3 Å². The number of oxime groups is 1. The van der Waals surface area contributed by atoms with Crippen LogP contribution in [0.25, 0.3) is 0 Å². The summed E-state index contributed by atoms with van der Waals surface area (Å²) in [6.45, 7) is 4.17. The topological polar surface area (TPSA) is 139 Å². The van der Waals surface area contributed by atoms with E-state index in [0.29, 0.717) is 0 Å². The van der Waals surface area contributed by atoms with E-state index in [1.807, 2.05) is 0 Å². The SMILES string of the molecule is CCOP(=O)(OCC)OC(=O)C(=NOC(C)=O)c1csc(N)n1. The number of hydrogen-bond donors (Lipinski definition) is 1. The molecular weight excluding hydrogens is 349 g/mol. The maximum Gasteiger partial charge on any atom is 0.532 e. The number of phosphoric ester groups is 1. The van der Waals surface area contributed by atoms with Gasteiger partial charge in [-0.05, 0) is 13.8 Å². The number of nitrogens with two attached hydrogens (primary N) is 1. The van der Waals surface area contributed by atoms with Gasteiger partial charge in [-0.25, -0.2) is 19.1 Å². The van der Waals surface area contributed by atoms with Crippen molar-refractivity contribution in [2.75, 3.05) is 18.9 Å². The molecule has 0 bridgehead atoms. The number of rotatable bonds is 8. The van der Waals surface area contributed by atoms with Crippen molar-refractivity contribution in [2.24, 2.45) is 5.16 Å². The molecule has 0 aliphatic heterocycles. The van der Waals surface area contributed by atoms with E-state index in [1.54, 1.807) is 13.8 Å². The van der Waals surface area contributed by atoms with Crippen LogP contribution in [-0.4, -0.2) is 35.8 Å². The molecule has 0 amide bonds. The van der Waals surface area contributed by atoms with Gasteiger partial charge in [0.2, 0.25) is 5.71 Å². The lowest BCUT2D eigenvalue weighted by atomic mass is 10.3. The molecule has 0 saturated carbocycles. The fourth-order valence-electron chi connectivity index (χ4n) is 1.25. The van der Waals surface area contributed by atoms with E-state index >= 15 is 0 Å². The average molecular weight is 365 g/mol. The number of phosphoric acid groups is 1. The highest BCUT2D eigenvalue weighted by atomic mass is 32.1. The average Bonchev–Trinajstić information content (AvgIpc) is 2.85. The molecule has 0 saturated heterocycles. The molecule has 12 heteroatoms. The predicted molar refractivity (Wildman–Crippen MR) is 81.8 cm³/mol. The van der Waals surface area contributed by atoms with Gasteiger partial charge in [0.1, 0.15) is 5.69 Å². The highest BCUT2D eigenvalue weighted by Crippen LogP contribution is 2.49. The van der Waals surface area contributed by atoms with E-state index < -0.39 is 25.5 Å². The minimum absolute atomic E-state index is 0.00158. The molecule has 128 valence electrons. The van der Waals surface area contributed by atoms with Crippen molar-refractivity contribution in [3.05, 3.63) is 11.1 Å². The molecule has 23 heavy (non-hydrogen) atoms. The Kier molecular flexibility index (Phi) is 7.30. The van der Waals surface area contributed by atoms with Gasteiger partial charge in [-0.15, -0.1) is 11.3 Å². The molecule has 0 unspecified atom stereocenters. The number of nitrogens with zero attached hydrogens (tertiary/aromatic N) is 2. The molecule has 0 fully saturated rings. The molecule has 10 nitrogen and oxygen atoms in total. The van der Waals surface area contributed by atoms with E-state index in [9.17, 15) is 14.2 Å². The third-order valence-electron chi connectivity index (χ3n) is 1.99. The standard InChI is InChI=1S/C11H16N3O7PS/c1-4-18-22(17,19-5-2)21-10(16)9(14-20-7(3)15)8-6-23-11(12)13-8/h6H,4-5H2,1-3H3,(H2,12,13). The largest absolute Gasteiger partial charge is 0.532 e. The van der Waals surface area contributed by atoms with Crippen LogP contribution in [0, 0.1) is 0 Å². The zero-order chi connectivity index (χ0) is 17.5. The van der Waals surface area contributed by atoms with Gasteiger partial charge in [-0.1, -0.05) is 5.16 Å². The summed E-state index contributed by atoms with van der Waals surface area (Å²) >= 11 is 1.03. The molecule has 1 aromatic rings. The maximum absolute atomic E-state index is 12.2. The number of nitrogen functional groups attached to an aromatic ring is 1. The van der Waals surface area contributed by atoms with Crippen molar-refractivity contribution in [1.82, 2.24) is 4.98 Å². The van der Waals surface area contributed by atoms with E-state index in [-0.39, 0.29) is 24.0 Å². The second-order valence-corrected chi connectivity index (χ2v) is 6.24. The van der Waals surface area contributed by atoms with Crippen LogP contribution in [0.3, 0.4) is 0 Å². The van der Waals surface area contributed by atoms with Crippen molar-refractivity contribution in [1.29, 1.82) is 0 Å². The summed E-state index contributed by atoms with van der Waals surface area (Å²) in [6.07, 6.45) is 0. The van der Waals surface area contributed by atoms with Gasteiger partial charge in [-0.2, -0.15) is 0 Å². The van der Waals surface area contributed by atoms with Crippen LogP contribution in [0.5, 0.6) is 0 Å². The highest BCUT2D eigenvalue weighted by molar-refractivity contribution is 7.49. The number of carbonyl (C=O) groups excluding carboxylic acids is 2. The number of carbonyl (C=O) groups is 2. The molecule has 1 rings (SSSR count). The van der Waals surface area contributed by atoms with Gasteiger partial charge in [0.25, 0.3) is 0 Å². The lowest BCUT2D eigenvalue weighted by Crippen LogP contribution is -2.20. The summed E-state index contributed by atoms with van der Waals surface area (Å²) in [5.74, 6) is -1.96. The molecule has 0 radical (unpaired) electrons. The second-order valence-electron chi connectivity index (χ2n) is 3.76. The van der Waals surface area contributed by atoms with Gasteiger partial charge < -0.3 is 15.1 Å². The number of hydrogen-bond acceptors (Lipinski definition) is 11. The van der Waals surface area contributed by atoms with Gasteiger partial charge in [0.05, 0.1) is 13.2 Å². The fourth-order valence-corrected chi connectivity index (χ4v) is 2.90. The Labute approximate surface area is 136 Å². The normalized spacial score (nSPS) is 12.0. The van der Waals surface area contributed by atoms with Crippen LogP contribution in [0.4, 0.5) is 5.13 Å². The van der Waals surface area contributed by atoms with E-state index in [1.165, 1.54) is 5.38 Å². The molecule has 0 aliphatic carbocycles. The van der Waals surface area contributed by atoms with Gasteiger partial charge in [-0.3, -0.25) is 9.05 Å². The summed E-state index contributed by atoms with van der Waals surface area (Å²) in [5, 5.41) is 4.91.